The third-order valence-electron chi connectivity index (χ3n) is 3.70. The molecule has 0 unspecified atom stereocenters. The van der Waals surface area contributed by atoms with Crippen molar-refractivity contribution in [1.29, 1.82) is 0 Å². The maximum atomic E-state index is 11.7. The van der Waals surface area contributed by atoms with Gasteiger partial charge >= 0.3 is 0 Å². The topological polar surface area (TPSA) is 49.3 Å². The second kappa shape index (κ2) is 5.48. The van der Waals surface area contributed by atoms with Crippen LogP contribution in [0.3, 0.4) is 0 Å². The van der Waals surface area contributed by atoms with Gasteiger partial charge in [-0.2, -0.15) is 0 Å². The lowest BCUT2D eigenvalue weighted by atomic mass is 10.0. The van der Waals surface area contributed by atoms with Crippen LogP contribution in [0.2, 0.25) is 0 Å². The van der Waals surface area contributed by atoms with Gasteiger partial charge in [0.2, 0.25) is 5.91 Å². The van der Waals surface area contributed by atoms with Crippen molar-refractivity contribution < 1.29 is 9.90 Å². The summed E-state index contributed by atoms with van der Waals surface area (Å²) >= 11 is 0. The van der Waals surface area contributed by atoms with E-state index >= 15 is 0 Å². The Labute approximate surface area is 96.9 Å². The number of nitrogens with one attached hydrogen (secondary N) is 1. The normalized spacial score (nSPS) is 29.8. The Morgan fingerprint density at radius 1 is 1.31 bits per heavy atom. The molecular weight excluding hydrogens is 202 g/mol. The highest BCUT2D eigenvalue weighted by atomic mass is 16.3. The quantitative estimate of drug-likeness (QED) is 0.711. The summed E-state index contributed by atoms with van der Waals surface area (Å²) in [6, 6.07) is 0.144. The molecule has 3 heteroatoms. The van der Waals surface area contributed by atoms with E-state index in [9.17, 15) is 4.79 Å². The lowest BCUT2D eigenvalue weighted by Gasteiger charge is -2.14. The van der Waals surface area contributed by atoms with E-state index in [1.807, 2.05) is 12.2 Å². The van der Waals surface area contributed by atoms with Crippen LogP contribution in [-0.4, -0.2) is 23.7 Å². The summed E-state index contributed by atoms with van der Waals surface area (Å²) in [5.74, 6) is 1.02. The highest BCUT2D eigenvalue weighted by Crippen LogP contribution is 2.27. The van der Waals surface area contributed by atoms with Gasteiger partial charge in [-0.15, -0.1) is 0 Å². The van der Waals surface area contributed by atoms with Crippen LogP contribution < -0.4 is 5.32 Å². The molecule has 2 atom stereocenters. The van der Waals surface area contributed by atoms with E-state index in [0.29, 0.717) is 12.3 Å². The molecule has 0 aromatic rings. The van der Waals surface area contributed by atoms with E-state index in [1.54, 1.807) is 0 Å². The number of aliphatic hydroxyl groups is 1. The SMILES string of the molecule is O=C(CC1CCCC1)N[C@@H]1C=C[C@H](CO)C1. The van der Waals surface area contributed by atoms with Crippen LogP contribution in [-0.2, 0) is 4.79 Å². The van der Waals surface area contributed by atoms with Gasteiger partial charge in [-0.25, -0.2) is 0 Å². The molecular formula is C13H21NO2. The van der Waals surface area contributed by atoms with Crippen molar-refractivity contribution in [2.75, 3.05) is 6.61 Å². The molecule has 2 aliphatic carbocycles. The fourth-order valence-electron chi connectivity index (χ4n) is 2.76. The summed E-state index contributed by atoms with van der Waals surface area (Å²) in [7, 11) is 0. The molecule has 2 N–H and O–H groups in total. The van der Waals surface area contributed by atoms with Crippen LogP contribution in [0.15, 0.2) is 12.2 Å². The van der Waals surface area contributed by atoms with E-state index in [-0.39, 0.29) is 24.5 Å². The monoisotopic (exact) mass is 223 g/mol. The van der Waals surface area contributed by atoms with Crippen LogP contribution in [0, 0.1) is 11.8 Å². The standard InChI is InChI=1S/C13H21NO2/c15-9-11-5-6-12(7-11)14-13(16)8-10-3-1-2-4-10/h5-6,10-12,15H,1-4,7-9H2,(H,14,16)/t11-,12+/m0/s1. The Kier molecular flexibility index (Phi) is 3.99. The fourth-order valence-corrected chi connectivity index (χ4v) is 2.76. The molecule has 0 aromatic heterocycles. The minimum Gasteiger partial charge on any atom is -0.396 e. The van der Waals surface area contributed by atoms with Crippen molar-refractivity contribution >= 4 is 5.91 Å². The van der Waals surface area contributed by atoms with Crippen LogP contribution in [0.25, 0.3) is 0 Å². The molecule has 16 heavy (non-hydrogen) atoms. The van der Waals surface area contributed by atoms with Crippen molar-refractivity contribution in [3.05, 3.63) is 12.2 Å². The summed E-state index contributed by atoms with van der Waals surface area (Å²) < 4.78 is 0. The summed E-state index contributed by atoms with van der Waals surface area (Å²) in [5.41, 5.74) is 0. The summed E-state index contributed by atoms with van der Waals surface area (Å²) in [6.45, 7) is 0.186. The number of aliphatic hydroxyl groups excluding tert-OH is 1. The molecule has 0 spiro atoms. The maximum absolute atomic E-state index is 11.7. The molecule has 2 aliphatic rings. The summed E-state index contributed by atoms with van der Waals surface area (Å²) in [4.78, 5) is 11.7. The maximum Gasteiger partial charge on any atom is 0.220 e. The number of rotatable bonds is 4. The average molecular weight is 223 g/mol. The van der Waals surface area contributed by atoms with Gasteiger partial charge < -0.3 is 10.4 Å². The summed E-state index contributed by atoms with van der Waals surface area (Å²) in [6.07, 6.45) is 10.6. The Balaban J connectivity index is 1.69. The van der Waals surface area contributed by atoms with Crippen LogP contribution in [0.5, 0.6) is 0 Å². The molecule has 2 rings (SSSR count). The van der Waals surface area contributed by atoms with Gasteiger partial charge in [-0.05, 0) is 25.2 Å². The number of hydrogen-bond donors (Lipinski definition) is 2. The molecule has 0 bridgehead atoms. The molecule has 3 nitrogen and oxygen atoms in total. The molecule has 0 aliphatic heterocycles. The Morgan fingerprint density at radius 3 is 2.69 bits per heavy atom. The van der Waals surface area contributed by atoms with Crippen molar-refractivity contribution in [2.24, 2.45) is 11.8 Å². The third-order valence-corrected chi connectivity index (χ3v) is 3.70. The Morgan fingerprint density at radius 2 is 2.06 bits per heavy atom. The van der Waals surface area contributed by atoms with E-state index in [4.69, 9.17) is 5.11 Å². The smallest absolute Gasteiger partial charge is 0.220 e. The summed E-state index contributed by atoms with van der Waals surface area (Å²) in [5, 5.41) is 12.0. The molecule has 0 aromatic carbocycles. The minimum atomic E-state index is 0.144. The van der Waals surface area contributed by atoms with Gasteiger partial charge in [-0.3, -0.25) is 4.79 Å². The first-order chi connectivity index (χ1) is 7.78. The van der Waals surface area contributed by atoms with Gasteiger partial charge in [0.15, 0.2) is 0 Å². The van der Waals surface area contributed by atoms with Crippen molar-refractivity contribution in [3.63, 3.8) is 0 Å². The number of carbonyl (C=O) groups is 1. The van der Waals surface area contributed by atoms with Gasteiger partial charge in [0.05, 0.1) is 0 Å². The fraction of sp³-hybridized carbons (Fsp3) is 0.769. The zero-order valence-corrected chi connectivity index (χ0v) is 9.69. The van der Waals surface area contributed by atoms with Gasteiger partial charge in [0.1, 0.15) is 0 Å². The average Bonchev–Trinajstić information content (AvgIpc) is 2.89. The second-order valence-electron chi connectivity index (χ2n) is 5.09. The number of hydrogen-bond acceptors (Lipinski definition) is 2. The molecule has 1 fully saturated rings. The zero-order chi connectivity index (χ0) is 11.4. The first kappa shape index (κ1) is 11.6. The highest BCUT2D eigenvalue weighted by Gasteiger charge is 2.22. The number of carbonyl (C=O) groups excluding carboxylic acids is 1. The second-order valence-corrected chi connectivity index (χ2v) is 5.09. The van der Waals surface area contributed by atoms with E-state index in [0.717, 1.165) is 6.42 Å². The first-order valence-electron chi connectivity index (χ1n) is 6.36. The van der Waals surface area contributed by atoms with Crippen LogP contribution in [0.4, 0.5) is 0 Å². The highest BCUT2D eigenvalue weighted by molar-refractivity contribution is 5.76. The molecule has 0 heterocycles. The first-order valence-corrected chi connectivity index (χ1v) is 6.36. The van der Waals surface area contributed by atoms with Crippen molar-refractivity contribution in [3.8, 4) is 0 Å². The lowest BCUT2D eigenvalue weighted by Crippen LogP contribution is -2.33. The van der Waals surface area contributed by atoms with Crippen molar-refractivity contribution in [1.82, 2.24) is 5.32 Å². The van der Waals surface area contributed by atoms with Crippen molar-refractivity contribution in [2.45, 2.75) is 44.6 Å². The zero-order valence-electron chi connectivity index (χ0n) is 9.69. The molecule has 90 valence electrons. The van der Waals surface area contributed by atoms with E-state index in [2.05, 4.69) is 5.32 Å². The van der Waals surface area contributed by atoms with E-state index in [1.165, 1.54) is 25.7 Å². The van der Waals surface area contributed by atoms with Gasteiger partial charge in [0.25, 0.3) is 0 Å². The molecule has 1 saturated carbocycles. The van der Waals surface area contributed by atoms with Gasteiger partial charge in [0, 0.05) is 25.0 Å². The molecule has 0 radical (unpaired) electrons. The van der Waals surface area contributed by atoms with Crippen LogP contribution in [0.1, 0.15) is 38.5 Å². The number of amides is 1. The lowest BCUT2D eigenvalue weighted by molar-refractivity contribution is -0.122. The minimum absolute atomic E-state index is 0.144. The molecule has 1 amide bonds. The predicted octanol–water partition coefficient (Wildman–Crippen LogP) is 1.62. The Bertz CT molecular complexity index is 269. The van der Waals surface area contributed by atoms with Crippen LogP contribution >= 0.6 is 0 Å². The van der Waals surface area contributed by atoms with Gasteiger partial charge in [-0.1, -0.05) is 25.0 Å². The van der Waals surface area contributed by atoms with E-state index < -0.39 is 0 Å². The largest absolute Gasteiger partial charge is 0.396 e. The predicted molar refractivity (Wildman–Crippen MR) is 62.8 cm³/mol. The Hall–Kier alpha value is -0.830. The third kappa shape index (κ3) is 3.08. The molecule has 0 saturated heterocycles.